The number of hydrogen-bond donors (Lipinski definition) is 0. The molecule has 0 aromatic rings. The number of carbonyl (C=O) groups is 4. The van der Waals surface area contributed by atoms with Crippen molar-refractivity contribution in [1.82, 2.24) is 4.90 Å². The lowest BCUT2D eigenvalue weighted by molar-refractivity contribution is -0.200. The van der Waals surface area contributed by atoms with Gasteiger partial charge >= 0.3 is 23.9 Å². The smallest absolute Gasteiger partial charge is 0.308 e. The Morgan fingerprint density at radius 2 is 0.683 bits per heavy atom. The van der Waals surface area contributed by atoms with Gasteiger partial charge in [0.05, 0.1) is 0 Å². The number of hydrogen-bond acceptors (Lipinski definition) is 10. The van der Waals surface area contributed by atoms with E-state index < -0.39 is 48.5 Å². The second-order valence-electron chi connectivity index (χ2n) is 18.9. The lowest BCUT2D eigenvalue weighted by Gasteiger charge is -2.24. The maximum atomic E-state index is 13.4. The van der Waals surface area contributed by atoms with Gasteiger partial charge in [-0.05, 0) is 46.3 Å². The normalized spacial score (nSPS) is 17.3. The first kappa shape index (κ1) is 58.8. The Labute approximate surface area is 387 Å². The van der Waals surface area contributed by atoms with Crippen LogP contribution in [0.4, 0.5) is 0 Å². The molecular weight excluding hydrogens is 795 g/mol. The van der Waals surface area contributed by atoms with Gasteiger partial charge in [-0.2, -0.15) is 0 Å². The summed E-state index contributed by atoms with van der Waals surface area (Å²) in [7, 11) is 3.90. The number of rotatable bonds is 45. The highest BCUT2D eigenvalue weighted by Gasteiger charge is 2.52. The van der Waals surface area contributed by atoms with Gasteiger partial charge in [0, 0.05) is 25.7 Å². The molecule has 1 aliphatic heterocycles. The predicted octanol–water partition coefficient (Wildman–Crippen LogP) is 14.1. The highest BCUT2D eigenvalue weighted by atomic mass is 16.8. The lowest BCUT2D eigenvalue weighted by Crippen LogP contribution is -2.42. The number of esters is 4. The Morgan fingerprint density at radius 3 is 1.03 bits per heavy atom. The van der Waals surface area contributed by atoms with Crippen molar-refractivity contribution in [2.75, 3.05) is 27.2 Å². The minimum Gasteiger partial charge on any atom is -0.463 e. The summed E-state index contributed by atoms with van der Waals surface area (Å²) in [6.45, 7) is 7.25. The van der Waals surface area contributed by atoms with Crippen LogP contribution in [0.3, 0.4) is 0 Å². The number of nitrogens with zero attached hydrogens (tertiary/aromatic N) is 1. The predicted molar refractivity (Wildman–Crippen MR) is 256 cm³/mol. The first-order valence-electron chi connectivity index (χ1n) is 26.8. The maximum Gasteiger partial charge on any atom is 0.308 e. The van der Waals surface area contributed by atoms with Crippen molar-refractivity contribution in [2.45, 2.75) is 289 Å². The molecule has 1 rings (SSSR count). The summed E-state index contributed by atoms with van der Waals surface area (Å²) in [5, 5.41) is 0. The molecule has 0 spiro atoms. The number of ether oxygens (including phenoxy) is 5. The van der Waals surface area contributed by atoms with Crippen LogP contribution in [0.5, 0.6) is 0 Å². The molecule has 0 saturated carbocycles. The Morgan fingerprint density at radius 1 is 0.381 bits per heavy atom. The summed E-state index contributed by atoms with van der Waals surface area (Å²) >= 11 is 0. The van der Waals surface area contributed by atoms with Gasteiger partial charge in [-0.15, -0.1) is 0 Å². The highest BCUT2D eigenvalue weighted by molar-refractivity contribution is 5.72. The van der Waals surface area contributed by atoms with Crippen LogP contribution >= 0.6 is 0 Å². The fourth-order valence-corrected chi connectivity index (χ4v) is 8.39. The Kier molecular flexibility index (Phi) is 39.6. The van der Waals surface area contributed by atoms with Crippen LogP contribution in [-0.2, 0) is 42.9 Å². The maximum absolute atomic E-state index is 13.4. The molecule has 0 bridgehead atoms. The van der Waals surface area contributed by atoms with E-state index >= 15 is 0 Å². The van der Waals surface area contributed by atoms with Gasteiger partial charge < -0.3 is 28.6 Å². The monoisotopic (exact) mass is 894 g/mol. The zero-order valence-corrected chi connectivity index (χ0v) is 41.7. The molecule has 63 heavy (non-hydrogen) atoms. The molecule has 1 unspecified atom stereocenters. The third-order valence-corrected chi connectivity index (χ3v) is 12.4. The Hall–Kier alpha value is -2.20. The Bertz CT molecular complexity index is 1100. The van der Waals surface area contributed by atoms with Gasteiger partial charge in [0.25, 0.3) is 0 Å². The van der Waals surface area contributed by atoms with Gasteiger partial charge in [0.2, 0.25) is 12.4 Å². The number of carbonyl (C=O) groups excluding carboxylic acids is 4. The van der Waals surface area contributed by atoms with Gasteiger partial charge in [-0.25, -0.2) is 0 Å². The number of unbranched alkanes of at least 4 members (excludes halogenated alkanes) is 30. The van der Waals surface area contributed by atoms with Gasteiger partial charge in [0.15, 0.2) is 6.10 Å². The summed E-state index contributed by atoms with van der Waals surface area (Å²) < 4.78 is 29.8. The van der Waals surface area contributed by atoms with Crippen molar-refractivity contribution in [3.8, 4) is 0 Å². The molecule has 0 aromatic heterocycles. The van der Waals surface area contributed by atoms with E-state index in [0.29, 0.717) is 25.7 Å². The summed E-state index contributed by atoms with van der Waals surface area (Å²) in [6.07, 6.45) is 35.6. The van der Waals surface area contributed by atoms with Crippen LogP contribution in [0, 0.1) is 0 Å². The summed E-state index contributed by atoms with van der Waals surface area (Å²) in [4.78, 5) is 54.8. The second-order valence-corrected chi connectivity index (χ2v) is 18.9. The quantitative estimate of drug-likeness (QED) is 0.0332. The Balaban J connectivity index is 2.87. The van der Waals surface area contributed by atoms with Gasteiger partial charge in [-0.1, -0.05) is 213 Å². The van der Waals surface area contributed by atoms with E-state index in [1.165, 1.54) is 135 Å². The van der Waals surface area contributed by atoms with Crippen molar-refractivity contribution >= 4 is 23.9 Å². The zero-order valence-electron chi connectivity index (χ0n) is 41.7. The van der Waals surface area contributed by atoms with Crippen LogP contribution in [-0.4, -0.2) is 80.6 Å². The zero-order chi connectivity index (χ0) is 46.0. The molecule has 0 radical (unpaired) electrons. The van der Waals surface area contributed by atoms with E-state index in [9.17, 15) is 19.2 Å². The van der Waals surface area contributed by atoms with Crippen LogP contribution in [0.15, 0.2) is 0 Å². The minimum atomic E-state index is -1.27. The van der Waals surface area contributed by atoms with Crippen LogP contribution in [0.2, 0.25) is 0 Å². The van der Waals surface area contributed by atoms with Crippen molar-refractivity contribution < 1.29 is 42.9 Å². The van der Waals surface area contributed by atoms with Gasteiger partial charge in [0.1, 0.15) is 12.7 Å². The molecule has 4 atom stereocenters. The van der Waals surface area contributed by atoms with Crippen LogP contribution < -0.4 is 0 Å². The second kappa shape index (κ2) is 42.4. The first-order chi connectivity index (χ1) is 30.7. The van der Waals surface area contributed by atoms with E-state index in [1.807, 2.05) is 19.0 Å². The molecule has 10 heteroatoms. The molecule has 10 nitrogen and oxygen atoms in total. The molecule has 1 heterocycles. The van der Waals surface area contributed by atoms with E-state index in [1.54, 1.807) is 0 Å². The van der Waals surface area contributed by atoms with E-state index in [0.717, 1.165) is 64.3 Å². The standard InChI is InChI=1S/C53H99NO9/c1-6-9-12-15-18-21-24-27-30-33-36-40-48(56)61-51-46(45-59-47(55)43-39-44-54(4)5)60-53(63-50(58)42-38-35-32-29-26-23-20-17-14-11-8-3)52(51)62-49(57)41-37-34-31-28-25-22-19-16-13-10-7-2/h46,51-53H,6-45H2,1-5H3/t46-,51?,52+,53+/m1/s1. The van der Waals surface area contributed by atoms with Crippen LogP contribution in [0.25, 0.3) is 0 Å². The topological polar surface area (TPSA) is 118 Å². The average molecular weight is 894 g/mol. The summed E-state index contributed by atoms with van der Waals surface area (Å²) in [6, 6.07) is 0. The minimum absolute atomic E-state index is 0.206. The fraction of sp³-hybridized carbons (Fsp3) is 0.925. The highest BCUT2D eigenvalue weighted by Crippen LogP contribution is 2.30. The molecular formula is C53H99NO9. The third kappa shape index (κ3) is 34.8. The van der Waals surface area contributed by atoms with Crippen molar-refractivity contribution in [3.05, 3.63) is 0 Å². The largest absolute Gasteiger partial charge is 0.463 e. The molecule has 0 N–H and O–H groups in total. The molecule has 1 aliphatic rings. The molecule has 370 valence electrons. The van der Waals surface area contributed by atoms with Crippen molar-refractivity contribution in [2.24, 2.45) is 0 Å². The van der Waals surface area contributed by atoms with E-state index in [-0.39, 0.29) is 32.3 Å². The fourth-order valence-electron chi connectivity index (χ4n) is 8.39. The first-order valence-corrected chi connectivity index (χ1v) is 26.8. The van der Waals surface area contributed by atoms with Crippen molar-refractivity contribution in [3.63, 3.8) is 0 Å². The molecule has 0 amide bonds. The molecule has 1 fully saturated rings. The summed E-state index contributed by atoms with van der Waals surface area (Å²) in [5.74, 6) is -1.72. The summed E-state index contributed by atoms with van der Waals surface area (Å²) in [5.41, 5.74) is 0. The molecule has 1 saturated heterocycles. The van der Waals surface area contributed by atoms with Gasteiger partial charge in [-0.3, -0.25) is 19.2 Å². The van der Waals surface area contributed by atoms with E-state index in [4.69, 9.17) is 23.7 Å². The lowest BCUT2D eigenvalue weighted by atomic mass is 10.1. The third-order valence-electron chi connectivity index (χ3n) is 12.4. The average Bonchev–Trinajstić information content (AvgIpc) is 3.56. The van der Waals surface area contributed by atoms with E-state index in [2.05, 4.69) is 20.8 Å². The molecule has 0 aromatic carbocycles. The van der Waals surface area contributed by atoms with Crippen LogP contribution in [0.1, 0.15) is 265 Å². The SMILES string of the molecule is CCCCCCCCCCCCCC(=O)OC1[C@@H](COC(=O)CCCN(C)C)O[C@@H](OC(=O)CCCCCCCCCCCCC)[C@H]1OC(=O)CCCCCCCCCCCCC. The molecule has 0 aliphatic carbocycles. The van der Waals surface area contributed by atoms with Crippen molar-refractivity contribution in [1.29, 1.82) is 0 Å².